The van der Waals surface area contributed by atoms with Crippen molar-refractivity contribution in [3.63, 3.8) is 0 Å². The Morgan fingerprint density at radius 2 is 1.96 bits per heavy atom. The zero-order valence-corrected chi connectivity index (χ0v) is 15.1. The van der Waals surface area contributed by atoms with E-state index < -0.39 is 11.9 Å². The van der Waals surface area contributed by atoms with Crippen LogP contribution in [0.3, 0.4) is 0 Å². The van der Waals surface area contributed by atoms with Crippen LogP contribution in [0.25, 0.3) is 5.70 Å². The number of halogens is 1. The molecule has 0 fully saturated rings. The Morgan fingerprint density at radius 3 is 2.48 bits per heavy atom. The molecule has 0 aliphatic carbocycles. The number of nitrogens with zero attached hydrogens (tertiary/aromatic N) is 4. The number of nitrogens with one attached hydrogen (secondary N) is 1. The smallest absolute Gasteiger partial charge is 0.335 e. The van der Waals surface area contributed by atoms with Gasteiger partial charge in [0.05, 0.1) is 23.1 Å². The molecule has 0 atom stereocenters. The fraction of sp³-hybridized carbons (Fsp3) is 0.118. The van der Waals surface area contributed by atoms with Crippen LogP contribution in [0.2, 0.25) is 0 Å². The SMILES string of the molecule is C=N/C(=N\C(=C(/C)Cl)c1ccc(C(=O)O)cc1)Nc1cnn(CC(N)=O)c1. The van der Waals surface area contributed by atoms with Gasteiger partial charge in [-0.25, -0.2) is 14.8 Å². The number of carboxylic acid groups (broad SMARTS) is 1. The number of carbonyl (C=O) groups is 2. The quantitative estimate of drug-likeness (QED) is 0.514. The fourth-order valence-electron chi connectivity index (χ4n) is 2.12. The Kier molecular flexibility index (Phi) is 6.45. The van der Waals surface area contributed by atoms with Crippen molar-refractivity contribution in [3.05, 3.63) is 52.8 Å². The second-order valence-electron chi connectivity index (χ2n) is 5.38. The highest BCUT2D eigenvalue weighted by atomic mass is 35.5. The van der Waals surface area contributed by atoms with Gasteiger partial charge in [-0.15, -0.1) is 0 Å². The summed E-state index contributed by atoms with van der Waals surface area (Å²) >= 11 is 6.14. The summed E-state index contributed by atoms with van der Waals surface area (Å²) in [6.07, 6.45) is 3.03. The van der Waals surface area contributed by atoms with Crippen LogP contribution in [0.4, 0.5) is 5.69 Å². The number of amides is 1. The van der Waals surface area contributed by atoms with Crippen LogP contribution in [0.5, 0.6) is 0 Å². The summed E-state index contributed by atoms with van der Waals surface area (Å²) in [5, 5.41) is 16.3. The first-order valence-corrected chi connectivity index (χ1v) is 8.01. The number of carboxylic acids is 1. The van der Waals surface area contributed by atoms with Gasteiger partial charge in [-0.1, -0.05) is 23.7 Å². The molecule has 1 amide bonds. The first-order valence-electron chi connectivity index (χ1n) is 7.63. The van der Waals surface area contributed by atoms with Gasteiger partial charge in [0, 0.05) is 16.8 Å². The van der Waals surface area contributed by atoms with E-state index in [1.165, 1.54) is 23.0 Å². The van der Waals surface area contributed by atoms with Gasteiger partial charge >= 0.3 is 5.97 Å². The summed E-state index contributed by atoms with van der Waals surface area (Å²) in [4.78, 5) is 30.1. The molecule has 0 bridgehead atoms. The molecule has 1 aromatic heterocycles. The third-order valence-corrected chi connectivity index (χ3v) is 3.49. The van der Waals surface area contributed by atoms with E-state index in [0.29, 0.717) is 22.0 Å². The lowest BCUT2D eigenvalue weighted by Gasteiger charge is -2.08. The number of guanidine groups is 1. The van der Waals surface area contributed by atoms with Crippen LogP contribution < -0.4 is 11.1 Å². The number of primary amides is 1. The number of aliphatic imine (C=N–C) groups is 2. The van der Waals surface area contributed by atoms with Crippen molar-refractivity contribution in [2.45, 2.75) is 13.5 Å². The Bertz CT molecular complexity index is 926. The molecule has 4 N–H and O–H groups in total. The minimum atomic E-state index is -1.03. The Labute approximate surface area is 159 Å². The first kappa shape index (κ1) is 19.9. The topological polar surface area (TPSA) is 135 Å². The number of rotatable bonds is 6. The van der Waals surface area contributed by atoms with Crippen molar-refractivity contribution in [1.82, 2.24) is 9.78 Å². The standard InChI is InChI=1S/C17H17ClN6O3/c1-10(18)15(11-3-5-12(6-4-11)16(26)27)23-17(20-2)22-13-7-21-24(8-13)9-14(19)25/h3-8H,2,9H2,1H3,(H2,19,25)(H,22,23)(H,26,27)/b15-10+. The fourth-order valence-corrected chi connectivity index (χ4v) is 2.27. The minimum Gasteiger partial charge on any atom is -0.478 e. The summed E-state index contributed by atoms with van der Waals surface area (Å²) in [5.74, 6) is -1.40. The van der Waals surface area contributed by atoms with Crippen molar-refractivity contribution < 1.29 is 14.7 Å². The molecule has 140 valence electrons. The van der Waals surface area contributed by atoms with E-state index in [1.807, 2.05) is 0 Å². The van der Waals surface area contributed by atoms with Gasteiger partial charge in [0.15, 0.2) is 0 Å². The van der Waals surface area contributed by atoms with Gasteiger partial charge < -0.3 is 16.2 Å². The van der Waals surface area contributed by atoms with E-state index in [4.69, 9.17) is 22.4 Å². The van der Waals surface area contributed by atoms with Crippen molar-refractivity contribution >= 4 is 47.5 Å². The lowest BCUT2D eigenvalue weighted by atomic mass is 10.1. The van der Waals surface area contributed by atoms with E-state index in [1.54, 1.807) is 25.3 Å². The molecule has 1 heterocycles. The number of hydrogen-bond donors (Lipinski definition) is 3. The second-order valence-corrected chi connectivity index (χ2v) is 5.94. The Balaban J connectivity index is 2.28. The number of aromatic nitrogens is 2. The van der Waals surface area contributed by atoms with Crippen LogP contribution in [-0.4, -0.2) is 39.4 Å². The van der Waals surface area contributed by atoms with Gasteiger partial charge in [-0.2, -0.15) is 5.10 Å². The molecule has 0 radical (unpaired) electrons. The summed E-state index contributed by atoms with van der Waals surface area (Å²) < 4.78 is 1.36. The summed E-state index contributed by atoms with van der Waals surface area (Å²) in [6, 6.07) is 6.10. The Morgan fingerprint density at radius 1 is 1.33 bits per heavy atom. The maximum Gasteiger partial charge on any atom is 0.335 e. The molecule has 1 aromatic carbocycles. The van der Waals surface area contributed by atoms with Crippen molar-refractivity contribution in [1.29, 1.82) is 0 Å². The predicted molar refractivity (Wildman–Crippen MR) is 104 cm³/mol. The third kappa shape index (κ3) is 5.51. The molecule has 10 heteroatoms. The van der Waals surface area contributed by atoms with Crippen LogP contribution in [0.15, 0.2) is 51.7 Å². The molecule has 0 aliphatic heterocycles. The monoisotopic (exact) mass is 388 g/mol. The minimum absolute atomic E-state index is 0.0580. The zero-order chi connectivity index (χ0) is 20.0. The van der Waals surface area contributed by atoms with Crippen LogP contribution in [0.1, 0.15) is 22.8 Å². The molecule has 2 rings (SSSR count). The number of nitrogens with two attached hydrogens (primary N) is 1. The third-order valence-electron chi connectivity index (χ3n) is 3.31. The molecule has 0 spiro atoms. The normalized spacial score (nSPS) is 12.3. The predicted octanol–water partition coefficient (Wildman–Crippen LogP) is 2.16. The molecule has 9 nitrogen and oxygen atoms in total. The van der Waals surface area contributed by atoms with Crippen LogP contribution >= 0.6 is 11.6 Å². The highest BCUT2D eigenvalue weighted by Crippen LogP contribution is 2.24. The number of allylic oxidation sites excluding steroid dienone is 1. The molecule has 0 saturated carbocycles. The number of benzene rings is 1. The second kappa shape index (κ2) is 8.77. The van der Waals surface area contributed by atoms with Gasteiger partial charge in [0.2, 0.25) is 11.9 Å². The molecule has 2 aromatic rings. The van der Waals surface area contributed by atoms with Gasteiger partial charge in [-0.3, -0.25) is 9.48 Å². The van der Waals surface area contributed by atoms with E-state index in [9.17, 15) is 9.59 Å². The molecule has 27 heavy (non-hydrogen) atoms. The van der Waals surface area contributed by atoms with Crippen molar-refractivity contribution in [3.8, 4) is 0 Å². The average Bonchev–Trinajstić information content (AvgIpc) is 3.04. The number of hydrogen-bond acceptors (Lipinski definition) is 4. The van der Waals surface area contributed by atoms with E-state index in [0.717, 1.165) is 0 Å². The van der Waals surface area contributed by atoms with Gasteiger partial charge in [0.1, 0.15) is 6.54 Å². The lowest BCUT2D eigenvalue weighted by molar-refractivity contribution is -0.118. The lowest BCUT2D eigenvalue weighted by Crippen LogP contribution is -2.18. The molecular weight excluding hydrogens is 372 g/mol. The van der Waals surface area contributed by atoms with Crippen molar-refractivity contribution in [2.75, 3.05) is 5.32 Å². The molecule has 0 unspecified atom stereocenters. The largest absolute Gasteiger partial charge is 0.478 e. The molecular formula is C17H17ClN6O3. The zero-order valence-electron chi connectivity index (χ0n) is 14.4. The summed E-state index contributed by atoms with van der Waals surface area (Å²) in [5.41, 5.74) is 6.80. The number of carbonyl (C=O) groups excluding carboxylic acids is 1. The van der Waals surface area contributed by atoms with Gasteiger partial charge in [0.25, 0.3) is 0 Å². The van der Waals surface area contributed by atoms with E-state index in [2.05, 4.69) is 27.1 Å². The van der Waals surface area contributed by atoms with Crippen LogP contribution in [0, 0.1) is 0 Å². The van der Waals surface area contributed by atoms with Gasteiger partial charge in [-0.05, 0) is 25.8 Å². The number of aromatic carboxylic acids is 1. The van der Waals surface area contributed by atoms with E-state index in [-0.39, 0.29) is 18.1 Å². The number of anilines is 1. The molecule has 0 aliphatic rings. The summed E-state index contributed by atoms with van der Waals surface area (Å²) in [7, 11) is 0. The summed E-state index contributed by atoms with van der Waals surface area (Å²) in [6.45, 7) is 5.06. The van der Waals surface area contributed by atoms with Crippen molar-refractivity contribution in [2.24, 2.45) is 15.7 Å². The maximum atomic E-state index is 11.0. The van der Waals surface area contributed by atoms with Crippen LogP contribution in [-0.2, 0) is 11.3 Å². The Hall–Kier alpha value is -3.46. The first-order chi connectivity index (χ1) is 12.8. The highest BCUT2D eigenvalue weighted by molar-refractivity contribution is 6.32. The van der Waals surface area contributed by atoms with E-state index >= 15 is 0 Å². The highest BCUT2D eigenvalue weighted by Gasteiger charge is 2.09. The average molecular weight is 389 g/mol. The molecule has 0 saturated heterocycles. The maximum absolute atomic E-state index is 11.0.